The largest absolute Gasteiger partial charge is 0.490 e. The average molecular weight is 415 g/mol. The van der Waals surface area contributed by atoms with E-state index < -0.39 is 0 Å². The van der Waals surface area contributed by atoms with Gasteiger partial charge in [0.25, 0.3) is 0 Å². The molecule has 2 aromatic rings. The van der Waals surface area contributed by atoms with Crippen LogP contribution in [0.5, 0.6) is 5.75 Å². The number of benzene rings is 2. The van der Waals surface area contributed by atoms with Crippen LogP contribution in [0.25, 0.3) is 0 Å². The molecule has 0 bridgehead atoms. The fourth-order valence-corrected chi connectivity index (χ4v) is 4.73. The van der Waals surface area contributed by atoms with Crippen LogP contribution in [0, 0.1) is 0 Å². The first-order chi connectivity index (χ1) is 14.1. The number of hydrogen-bond acceptors (Lipinski definition) is 3. The van der Waals surface area contributed by atoms with Gasteiger partial charge in [-0.05, 0) is 80.3 Å². The van der Waals surface area contributed by atoms with Crippen molar-refractivity contribution in [3.8, 4) is 5.75 Å². The highest BCUT2D eigenvalue weighted by Gasteiger charge is 2.27. The fourth-order valence-electron chi connectivity index (χ4n) is 4.54. The summed E-state index contributed by atoms with van der Waals surface area (Å²) in [6.45, 7) is 2.02. The van der Waals surface area contributed by atoms with Crippen molar-refractivity contribution >= 4 is 11.6 Å². The van der Waals surface area contributed by atoms with E-state index >= 15 is 0 Å². The summed E-state index contributed by atoms with van der Waals surface area (Å²) in [6, 6.07) is 14.5. The van der Waals surface area contributed by atoms with E-state index in [4.69, 9.17) is 21.1 Å². The minimum Gasteiger partial charge on any atom is -0.490 e. The zero-order chi connectivity index (χ0) is 20.2. The number of aliphatic hydroxyl groups excluding tert-OH is 1. The number of ether oxygens (including phenoxy) is 2. The van der Waals surface area contributed by atoms with E-state index in [-0.39, 0.29) is 18.3 Å². The lowest BCUT2D eigenvalue weighted by Crippen LogP contribution is -2.29. The molecule has 29 heavy (non-hydrogen) atoms. The van der Waals surface area contributed by atoms with Gasteiger partial charge in [-0.2, -0.15) is 0 Å². The zero-order valence-corrected chi connectivity index (χ0v) is 17.9. The molecule has 4 rings (SSSR count). The summed E-state index contributed by atoms with van der Waals surface area (Å²) in [4.78, 5) is 0. The molecule has 0 aromatic heterocycles. The zero-order valence-electron chi connectivity index (χ0n) is 17.1. The van der Waals surface area contributed by atoms with Crippen molar-refractivity contribution in [2.75, 3.05) is 0 Å². The van der Waals surface area contributed by atoms with Crippen molar-refractivity contribution in [1.82, 2.24) is 0 Å². The summed E-state index contributed by atoms with van der Waals surface area (Å²) >= 11 is 6.49. The summed E-state index contributed by atoms with van der Waals surface area (Å²) in [5.41, 5.74) is 3.38. The van der Waals surface area contributed by atoms with E-state index in [1.165, 1.54) is 37.7 Å². The van der Waals surface area contributed by atoms with Gasteiger partial charge in [-0.3, -0.25) is 0 Å². The monoisotopic (exact) mass is 414 g/mol. The molecule has 156 valence electrons. The van der Waals surface area contributed by atoms with E-state index in [1.807, 2.05) is 19.1 Å². The summed E-state index contributed by atoms with van der Waals surface area (Å²) in [7, 11) is 0. The van der Waals surface area contributed by atoms with Crippen molar-refractivity contribution in [1.29, 1.82) is 0 Å². The van der Waals surface area contributed by atoms with Gasteiger partial charge in [-0.15, -0.1) is 0 Å². The van der Waals surface area contributed by atoms with E-state index in [0.717, 1.165) is 28.3 Å². The Balaban J connectivity index is 1.43. The molecular formula is C25H31ClO3. The second-order valence-corrected chi connectivity index (χ2v) is 9.02. The van der Waals surface area contributed by atoms with Crippen LogP contribution in [0.1, 0.15) is 74.7 Å². The molecule has 3 unspecified atom stereocenters. The summed E-state index contributed by atoms with van der Waals surface area (Å²) in [6.07, 6.45) is 8.38. The maximum Gasteiger partial charge on any atom is 0.119 e. The Kier molecular flexibility index (Phi) is 6.79. The summed E-state index contributed by atoms with van der Waals surface area (Å²) < 4.78 is 12.2. The minimum absolute atomic E-state index is 0.0691. The third-order valence-corrected chi connectivity index (χ3v) is 6.47. The Bertz CT molecular complexity index is 788. The highest BCUT2D eigenvalue weighted by atomic mass is 35.5. The summed E-state index contributed by atoms with van der Waals surface area (Å²) in [5, 5.41) is 10.9. The lowest BCUT2D eigenvalue weighted by molar-refractivity contribution is -0.0895. The van der Waals surface area contributed by atoms with Crippen molar-refractivity contribution in [3.05, 3.63) is 64.2 Å². The molecule has 3 atom stereocenters. The van der Waals surface area contributed by atoms with Gasteiger partial charge in [0.05, 0.1) is 24.4 Å². The Morgan fingerprint density at radius 2 is 1.79 bits per heavy atom. The molecule has 1 heterocycles. The van der Waals surface area contributed by atoms with Gasteiger partial charge in [0, 0.05) is 11.4 Å². The molecule has 2 aromatic carbocycles. The second-order valence-electron chi connectivity index (χ2n) is 8.61. The van der Waals surface area contributed by atoms with Gasteiger partial charge < -0.3 is 14.6 Å². The first kappa shape index (κ1) is 20.7. The Morgan fingerprint density at radius 3 is 2.52 bits per heavy atom. The van der Waals surface area contributed by atoms with Crippen molar-refractivity contribution < 1.29 is 14.6 Å². The third-order valence-electron chi connectivity index (χ3n) is 6.10. The van der Waals surface area contributed by atoms with E-state index in [9.17, 15) is 5.11 Å². The number of rotatable bonds is 5. The Morgan fingerprint density at radius 1 is 1.03 bits per heavy atom. The molecule has 1 aliphatic carbocycles. The molecule has 1 N–H and O–H groups in total. The van der Waals surface area contributed by atoms with E-state index in [0.29, 0.717) is 18.9 Å². The van der Waals surface area contributed by atoms with Gasteiger partial charge >= 0.3 is 0 Å². The van der Waals surface area contributed by atoms with E-state index in [2.05, 4.69) is 30.3 Å². The second kappa shape index (κ2) is 9.51. The minimum atomic E-state index is -0.306. The number of hydrogen-bond donors (Lipinski definition) is 1. The lowest BCUT2D eigenvalue weighted by Gasteiger charge is -2.31. The first-order valence-corrected chi connectivity index (χ1v) is 11.3. The van der Waals surface area contributed by atoms with Crippen molar-refractivity contribution in [3.63, 3.8) is 0 Å². The third kappa shape index (κ3) is 5.53. The molecule has 1 aliphatic heterocycles. The molecule has 3 nitrogen and oxygen atoms in total. The maximum atomic E-state index is 10.1. The topological polar surface area (TPSA) is 38.7 Å². The molecule has 1 saturated heterocycles. The quantitative estimate of drug-likeness (QED) is 0.629. The van der Waals surface area contributed by atoms with Gasteiger partial charge in [-0.1, -0.05) is 42.3 Å². The Hall–Kier alpha value is -1.55. The predicted molar refractivity (Wildman–Crippen MR) is 117 cm³/mol. The number of aliphatic hydroxyl groups is 1. The van der Waals surface area contributed by atoms with Gasteiger partial charge in [0.15, 0.2) is 0 Å². The van der Waals surface area contributed by atoms with Gasteiger partial charge in [0.1, 0.15) is 5.75 Å². The van der Waals surface area contributed by atoms with Crippen LogP contribution in [0.3, 0.4) is 0 Å². The van der Waals surface area contributed by atoms with Crippen molar-refractivity contribution in [2.45, 2.75) is 82.7 Å². The first-order valence-electron chi connectivity index (χ1n) is 10.9. The van der Waals surface area contributed by atoms with Crippen LogP contribution in [0.2, 0.25) is 5.02 Å². The van der Waals surface area contributed by atoms with Crippen LogP contribution in [-0.4, -0.2) is 23.4 Å². The highest BCUT2D eigenvalue weighted by Crippen LogP contribution is 2.34. The molecule has 2 fully saturated rings. The van der Waals surface area contributed by atoms with Crippen LogP contribution >= 0.6 is 11.6 Å². The van der Waals surface area contributed by atoms with Crippen LogP contribution in [0.15, 0.2) is 42.5 Å². The smallest absolute Gasteiger partial charge is 0.119 e. The SMILES string of the molecule is CC1CC(O)CC(c2ccc(Cl)c(Cc3ccc(OC4CCCCC4)cc3)c2)O1. The molecular weight excluding hydrogens is 384 g/mol. The summed E-state index contributed by atoms with van der Waals surface area (Å²) in [5.74, 6) is 0.957. The van der Waals surface area contributed by atoms with E-state index in [1.54, 1.807) is 0 Å². The predicted octanol–water partition coefficient (Wildman–Crippen LogP) is 6.24. The number of halogens is 1. The van der Waals surface area contributed by atoms with Crippen LogP contribution in [-0.2, 0) is 11.2 Å². The molecule has 0 radical (unpaired) electrons. The molecule has 2 aliphatic rings. The van der Waals surface area contributed by atoms with Crippen LogP contribution in [0.4, 0.5) is 0 Å². The molecule has 0 spiro atoms. The molecule has 1 saturated carbocycles. The van der Waals surface area contributed by atoms with Crippen molar-refractivity contribution in [2.24, 2.45) is 0 Å². The fraction of sp³-hybridized carbons (Fsp3) is 0.520. The van der Waals surface area contributed by atoms with Gasteiger partial charge in [-0.25, -0.2) is 0 Å². The molecule has 4 heteroatoms. The standard InChI is InChI=1S/C25H31ClO3/c1-17-13-21(27)16-25(28-17)19-9-12-24(26)20(15-19)14-18-7-10-23(11-8-18)29-22-5-3-2-4-6-22/h7-12,15,17,21-22,25,27H,2-6,13-14,16H2,1H3. The van der Waals surface area contributed by atoms with Crippen LogP contribution < -0.4 is 4.74 Å². The molecule has 0 amide bonds. The normalized spacial score (nSPS) is 25.7. The average Bonchev–Trinajstić information content (AvgIpc) is 2.71. The lowest BCUT2D eigenvalue weighted by atomic mass is 9.94. The highest BCUT2D eigenvalue weighted by molar-refractivity contribution is 6.31. The Labute approximate surface area is 179 Å². The maximum absolute atomic E-state index is 10.1. The van der Waals surface area contributed by atoms with Gasteiger partial charge in [0.2, 0.25) is 0 Å².